The molecule has 0 radical (unpaired) electrons. The van der Waals surface area contributed by atoms with Gasteiger partial charge in [-0.05, 0) is 17.7 Å². The van der Waals surface area contributed by atoms with Crippen LogP contribution in [0.3, 0.4) is 0 Å². The Hall–Kier alpha value is -1.88. The normalized spacial score (nSPS) is 10.9. The van der Waals surface area contributed by atoms with E-state index in [0.717, 1.165) is 15.9 Å². The van der Waals surface area contributed by atoms with Crippen LogP contribution in [-0.4, -0.2) is 14.6 Å². The molecule has 0 saturated heterocycles. The molecule has 1 aromatic carbocycles. The van der Waals surface area contributed by atoms with E-state index >= 15 is 0 Å². The molecule has 0 aliphatic carbocycles. The summed E-state index contributed by atoms with van der Waals surface area (Å²) in [6.07, 6.45) is 2.52. The van der Waals surface area contributed by atoms with E-state index in [1.54, 1.807) is 4.52 Å². The predicted molar refractivity (Wildman–Crippen MR) is 74.3 cm³/mol. The van der Waals surface area contributed by atoms with Crippen LogP contribution in [0.1, 0.15) is 11.4 Å². The first kappa shape index (κ1) is 11.2. The van der Waals surface area contributed by atoms with Crippen molar-refractivity contribution in [3.63, 3.8) is 0 Å². The molecule has 0 saturated carbocycles. The largest absolute Gasteiger partial charge is 0.399 e. The molecule has 90 valence electrons. The maximum absolute atomic E-state index is 5.72. The number of benzene rings is 1. The Labute approximate surface area is 113 Å². The average Bonchev–Trinajstić information content (AvgIpc) is 2.73. The number of hydrogen-bond donors (Lipinski definition) is 1. The van der Waals surface area contributed by atoms with Crippen molar-refractivity contribution in [2.45, 2.75) is 6.42 Å². The smallest absolute Gasteiger partial charge is 0.157 e. The minimum atomic E-state index is 0.697. The van der Waals surface area contributed by atoms with Crippen LogP contribution in [0.15, 0.2) is 47.1 Å². The van der Waals surface area contributed by atoms with Gasteiger partial charge in [-0.15, -0.1) is 0 Å². The number of hydrogen-bond acceptors (Lipinski definition) is 3. The first-order valence-electron chi connectivity index (χ1n) is 5.56. The lowest BCUT2D eigenvalue weighted by Crippen LogP contribution is -1.93. The standard InChI is InChI=1S/C13H11BrN4/c14-11-4-2-1-3-9(11)7-12-16-13-8-10(15)5-6-18(13)17-12/h1-6,8H,7,15H2. The molecule has 0 fully saturated rings. The molecular weight excluding hydrogens is 292 g/mol. The van der Waals surface area contributed by atoms with E-state index in [1.165, 1.54) is 5.56 Å². The monoisotopic (exact) mass is 302 g/mol. The lowest BCUT2D eigenvalue weighted by molar-refractivity contribution is 0.899. The van der Waals surface area contributed by atoms with Crippen LogP contribution < -0.4 is 5.73 Å². The van der Waals surface area contributed by atoms with Crippen LogP contribution in [-0.2, 0) is 6.42 Å². The number of anilines is 1. The van der Waals surface area contributed by atoms with Gasteiger partial charge in [-0.3, -0.25) is 0 Å². The fraction of sp³-hybridized carbons (Fsp3) is 0.0769. The molecule has 0 aliphatic heterocycles. The van der Waals surface area contributed by atoms with E-state index in [4.69, 9.17) is 5.73 Å². The average molecular weight is 303 g/mol. The highest BCUT2D eigenvalue weighted by Crippen LogP contribution is 2.18. The summed E-state index contributed by atoms with van der Waals surface area (Å²) >= 11 is 3.53. The SMILES string of the molecule is Nc1ccn2nc(Cc3ccccc3Br)nc2c1. The quantitative estimate of drug-likeness (QED) is 0.792. The Morgan fingerprint density at radius 2 is 2.06 bits per heavy atom. The van der Waals surface area contributed by atoms with Crippen LogP contribution in [0.5, 0.6) is 0 Å². The molecule has 2 heterocycles. The second-order valence-corrected chi connectivity index (χ2v) is 4.91. The van der Waals surface area contributed by atoms with Gasteiger partial charge in [-0.1, -0.05) is 34.1 Å². The first-order chi connectivity index (χ1) is 8.72. The third-order valence-corrected chi connectivity index (χ3v) is 3.49. The zero-order chi connectivity index (χ0) is 12.5. The van der Waals surface area contributed by atoms with Crippen molar-refractivity contribution in [3.05, 3.63) is 58.5 Å². The molecule has 0 aliphatic rings. The zero-order valence-corrected chi connectivity index (χ0v) is 11.1. The van der Waals surface area contributed by atoms with Crippen molar-refractivity contribution in [3.8, 4) is 0 Å². The van der Waals surface area contributed by atoms with Gasteiger partial charge in [-0.2, -0.15) is 5.10 Å². The molecule has 0 bridgehead atoms. The Morgan fingerprint density at radius 3 is 2.89 bits per heavy atom. The number of nitrogen functional groups attached to an aromatic ring is 1. The number of pyridine rings is 1. The number of nitrogens with two attached hydrogens (primary N) is 1. The van der Waals surface area contributed by atoms with E-state index in [-0.39, 0.29) is 0 Å². The van der Waals surface area contributed by atoms with E-state index in [0.29, 0.717) is 12.1 Å². The second kappa shape index (κ2) is 4.42. The summed E-state index contributed by atoms with van der Waals surface area (Å²) in [6.45, 7) is 0. The summed E-state index contributed by atoms with van der Waals surface area (Å²) in [5.41, 5.74) is 8.36. The number of fused-ring (bicyclic) bond motifs is 1. The molecular formula is C13H11BrN4. The molecule has 0 atom stereocenters. The molecule has 0 spiro atoms. The molecule has 2 aromatic heterocycles. The van der Waals surface area contributed by atoms with Crippen molar-refractivity contribution < 1.29 is 0 Å². The van der Waals surface area contributed by atoms with Gasteiger partial charge < -0.3 is 5.73 Å². The molecule has 2 N–H and O–H groups in total. The summed E-state index contributed by atoms with van der Waals surface area (Å²) in [7, 11) is 0. The van der Waals surface area contributed by atoms with Gasteiger partial charge in [0.1, 0.15) is 0 Å². The highest BCUT2D eigenvalue weighted by atomic mass is 79.9. The Balaban J connectivity index is 1.98. The Kier molecular flexibility index (Phi) is 2.76. The maximum atomic E-state index is 5.72. The van der Waals surface area contributed by atoms with E-state index in [1.807, 2.05) is 36.5 Å². The van der Waals surface area contributed by atoms with Crippen molar-refractivity contribution in [2.75, 3.05) is 5.73 Å². The second-order valence-electron chi connectivity index (χ2n) is 4.06. The van der Waals surface area contributed by atoms with E-state index < -0.39 is 0 Å². The van der Waals surface area contributed by atoms with Crippen LogP contribution in [0, 0.1) is 0 Å². The number of nitrogens with zero attached hydrogens (tertiary/aromatic N) is 3. The van der Waals surface area contributed by atoms with Crippen molar-refractivity contribution in [2.24, 2.45) is 0 Å². The maximum Gasteiger partial charge on any atom is 0.157 e. The third kappa shape index (κ3) is 2.09. The summed E-state index contributed by atoms with van der Waals surface area (Å²) in [4.78, 5) is 4.46. The van der Waals surface area contributed by atoms with Gasteiger partial charge in [0.2, 0.25) is 0 Å². The van der Waals surface area contributed by atoms with Crippen LogP contribution >= 0.6 is 15.9 Å². The van der Waals surface area contributed by atoms with Crippen LogP contribution in [0.25, 0.3) is 5.65 Å². The van der Waals surface area contributed by atoms with E-state index in [9.17, 15) is 0 Å². The van der Waals surface area contributed by atoms with Crippen molar-refractivity contribution in [1.29, 1.82) is 0 Å². The highest BCUT2D eigenvalue weighted by Gasteiger charge is 2.06. The predicted octanol–water partition coefficient (Wildman–Crippen LogP) is 2.66. The molecule has 18 heavy (non-hydrogen) atoms. The minimum absolute atomic E-state index is 0.697. The molecule has 0 amide bonds. The van der Waals surface area contributed by atoms with Gasteiger partial charge in [0, 0.05) is 28.8 Å². The highest BCUT2D eigenvalue weighted by molar-refractivity contribution is 9.10. The van der Waals surface area contributed by atoms with Gasteiger partial charge in [0.05, 0.1) is 0 Å². The zero-order valence-electron chi connectivity index (χ0n) is 9.55. The topological polar surface area (TPSA) is 56.2 Å². The molecule has 3 aromatic rings. The summed E-state index contributed by atoms with van der Waals surface area (Å²) in [5.74, 6) is 0.785. The lowest BCUT2D eigenvalue weighted by atomic mass is 10.1. The van der Waals surface area contributed by atoms with Crippen LogP contribution in [0.4, 0.5) is 5.69 Å². The fourth-order valence-electron chi connectivity index (χ4n) is 1.83. The van der Waals surface area contributed by atoms with Gasteiger partial charge in [0.15, 0.2) is 11.5 Å². The van der Waals surface area contributed by atoms with Crippen molar-refractivity contribution >= 4 is 27.3 Å². The Bertz CT molecular complexity index is 705. The summed E-state index contributed by atoms with van der Waals surface area (Å²) < 4.78 is 2.81. The molecule has 3 rings (SSSR count). The minimum Gasteiger partial charge on any atom is -0.399 e. The lowest BCUT2D eigenvalue weighted by Gasteiger charge is -1.99. The Morgan fingerprint density at radius 1 is 1.22 bits per heavy atom. The summed E-state index contributed by atoms with van der Waals surface area (Å²) in [5, 5.41) is 4.42. The number of halogens is 1. The number of rotatable bonds is 2. The third-order valence-electron chi connectivity index (χ3n) is 2.71. The molecule has 0 unspecified atom stereocenters. The summed E-state index contributed by atoms with van der Waals surface area (Å²) in [6, 6.07) is 11.7. The molecule has 5 heteroatoms. The van der Waals surface area contributed by atoms with Gasteiger partial charge >= 0.3 is 0 Å². The van der Waals surface area contributed by atoms with Crippen LogP contribution in [0.2, 0.25) is 0 Å². The molecule has 4 nitrogen and oxygen atoms in total. The van der Waals surface area contributed by atoms with Crippen molar-refractivity contribution in [1.82, 2.24) is 14.6 Å². The number of aromatic nitrogens is 3. The van der Waals surface area contributed by atoms with Gasteiger partial charge in [-0.25, -0.2) is 9.50 Å². The van der Waals surface area contributed by atoms with E-state index in [2.05, 4.69) is 32.1 Å². The van der Waals surface area contributed by atoms with Gasteiger partial charge in [0.25, 0.3) is 0 Å². The first-order valence-corrected chi connectivity index (χ1v) is 6.36. The fourth-order valence-corrected chi connectivity index (χ4v) is 2.26.